The molecule has 0 aromatic rings. The van der Waals surface area contributed by atoms with Gasteiger partial charge in [0.1, 0.15) is 15.2 Å². The minimum Gasteiger partial charge on any atom is -0.551 e. The van der Waals surface area contributed by atoms with E-state index in [1.54, 1.807) is 0 Å². The van der Waals surface area contributed by atoms with Crippen molar-refractivity contribution < 1.29 is 8.85 Å². The fraction of sp³-hybridized carbons (Fsp3) is 0.636. The monoisotopic (exact) mass is 508 g/mol. The molecule has 8 heteroatoms. The normalized spacial score (nSPS) is 33.7. The molecule has 168 valence electrons. The molecule has 0 N–H and O–H groups in total. The molecule has 4 heterocycles. The fourth-order valence-corrected chi connectivity index (χ4v) is 53.3. The first kappa shape index (κ1) is 24.5. The minimum atomic E-state index is -2.00. The van der Waals surface area contributed by atoms with Gasteiger partial charge in [-0.1, -0.05) is 62.8 Å². The van der Waals surface area contributed by atoms with E-state index in [0.717, 1.165) is 0 Å². The van der Waals surface area contributed by atoms with Gasteiger partial charge in [0.25, 0.3) is 0 Å². The van der Waals surface area contributed by atoms with Crippen LogP contribution in [-0.2, 0) is 8.85 Å². The largest absolute Gasteiger partial charge is 0.551 e. The highest BCUT2D eigenvalue weighted by Crippen LogP contribution is 2.63. The molecule has 0 amide bonds. The third-order valence-electron chi connectivity index (χ3n) is 7.09. The second-order valence-electron chi connectivity index (χ2n) is 13.5. The molecule has 0 aromatic carbocycles. The van der Waals surface area contributed by atoms with Crippen LogP contribution >= 0.6 is 0 Å². The van der Waals surface area contributed by atoms with Crippen molar-refractivity contribution in [2.45, 2.75) is 89.3 Å². The number of hydrogen-bond acceptors (Lipinski definition) is 2. The summed E-state index contributed by atoms with van der Waals surface area (Å²) in [6, 6.07) is 0. The summed E-state index contributed by atoms with van der Waals surface area (Å²) in [6.45, 7) is 29.9. The Balaban J connectivity index is 2.37. The molecule has 0 fully saturated rings. The van der Waals surface area contributed by atoms with Crippen LogP contribution in [-0.4, -0.2) is 47.0 Å². The minimum absolute atomic E-state index is 0.566. The average Bonchev–Trinajstić information content (AvgIpc) is 2.53. The van der Waals surface area contributed by atoms with Crippen molar-refractivity contribution in [2.75, 3.05) is 0 Å². The Kier molecular flexibility index (Phi) is 5.86. The molecule has 0 unspecified atom stereocenters. The van der Waals surface area contributed by atoms with E-state index in [4.69, 9.17) is 8.85 Å². The molecule has 0 spiro atoms. The van der Waals surface area contributed by atoms with E-state index < -0.39 is 47.0 Å². The first-order chi connectivity index (χ1) is 13.4. The van der Waals surface area contributed by atoms with Gasteiger partial charge in [-0.25, -0.2) is 0 Å². The first-order valence-electron chi connectivity index (χ1n) is 11.5. The SMILES string of the molecule is C[Si](C)(C)OC1=CC=C(O[Si](C)(C)C)[Si@@]2([Si](C)(C)C)C3C=C[Si]([Si](C)(C)C)(C=C3)[C@@H]12. The lowest BCUT2D eigenvalue weighted by Crippen LogP contribution is -2.78. The van der Waals surface area contributed by atoms with Crippen LogP contribution < -0.4 is 0 Å². The Hall–Kier alpha value is -0.139. The smallest absolute Gasteiger partial charge is 0.241 e. The lowest BCUT2D eigenvalue weighted by atomic mass is 10.4. The van der Waals surface area contributed by atoms with Gasteiger partial charge < -0.3 is 8.85 Å². The summed E-state index contributed by atoms with van der Waals surface area (Å²) in [5, 5.41) is 2.06. The van der Waals surface area contributed by atoms with Crippen LogP contribution in [0.25, 0.3) is 0 Å². The van der Waals surface area contributed by atoms with Crippen molar-refractivity contribution in [2.24, 2.45) is 0 Å². The van der Waals surface area contributed by atoms with Gasteiger partial charge in [0, 0.05) is 20.3 Å². The van der Waals surface area contributed by atoms with Gasteiger partial charge in [-0.3, -0.25) is 0 Å². The van der Waals surface area contributed by atoms with Crippen LogP contribution in [0.15, 0.2) is 46.8 Å². The summed E-state index contributed by atoms with van der Waals surface area (Å²) in [6.07, 6.45) is 10.1. The molecule has 30 heavy (non-hydrogen) atoms. The Morgan fingerprint density at radius 3 is 1.57 bits per heavy atom. The molecule has 0 aliphatic carbocycles. The van der Waals surface area contributed by atoms with Gasteiger partial charge >= 0.3 is 0 Å². The maximum absolute atomic E-state index is 7.04. The van der Waals surface area contributed by atoms with E-state index in [1.165, 1.54) is 11.1 Å². The van der Waals surface area contributed by atoms with E-state index in [-0.39, 0.29) is 0 Å². The molecular formula is C22H44O2Si6. The van der Waals surface area contributed by atoms with Crippen LogP contribution in [0.1, 0.15) is 0 Å². The lowest BCUT2D eigenvalue weighted by molar-refractivity contribution is 0.403. The molecular weight excluding hydrogens is 465 g/mol. The molecule has 0 aromatic heterocycles. The standard InChI is InChI=1S/C22H44O2Si6/c1-25(2,3)23-20-13-14-21(24-26(4,5)6)30(28(10,11)12)19-15-17-29(18-16-19,22(20)30)27(7,8)9/h13-19,22H,1-12H3/t19?,22-,29?,30+/m1/s1. The van der Waals surface area contributed by atoms with Crippen molar-refractivity contribution in [3.05, 3.63) is 46.8 Å². The van der Waals surface area contributed by atoms with Gasteiger partial charge in [0.05, 0.1) is 11.1 Å². The van der Waals surface area contributed by atoms with Gasteiger partial charge in [-0.2, -0.15) is 0 Å². The van der Waals surface area contributed by atoms with Crippen molar-refractivity contribution in [1.82, 2.24) is 0 Å². The Morgan fingerprint density at radius 2 is 1.17 bits per heavy atom. The first-order valence-corrected chi connectivity index (χ1v) is 31.7. The van der Waals surface area contributed by atoms with Gasteiger partial charge in [0.15, 0.2) is 0 Å². The van der Waals surface area contributed by atoms with Crippen LogP contribution in [0.2, 0.25) is 89.3 Å². The summed E-state index contributed by atoms with van der Waals surface area (Å²) >= 11 is 0. The number of allylic oxidation sites excluding steroid dienone is 5. The molecule has 2 nitrogen and oxygen atoms in total. The van der Waals surface area contributed by atoms with E-state index >= 15 is 0 Å². The Labute approximate surface area is 191 Å². The van der Waals surface area contributed by atoms with E-state index in [0.29, 0.717) is 10.7 Å². The van der Waals surface area contributed by atoms with Gasteiger partial charge in [-0.15, -0.1) is 0 Å². The van der Waals surface area contributed by atoms with E-state index in [9.17, 15) is 0 Å². The lowest BCUT2D eigenvalue weighted by Gasteiger charge is -2.64. The predicted molar refractivity (Wildman–Crippen MR) is 149 cm³/mol. The summed E-state index contributed by atoms with van der Waals surface area (Å²) in [5.74, 6) is 1.36. The number of rotatable bonds is 6. The Bertz CT molecular complexity index is 816. The van der Waals surface area contributed by atoms with Crippen molar-refractivity contribution in [1.29, 1.82) is 0 Å². The summed E-state index contributed by atoms with van der Waals surface area (Å²) < 4.78 is 14.0. The highest BCUT2D eigenvalue weighted by Gasteiger charge is 2.72. The van der Waals surface area contributed by atoms with Gasteiger partial charge in [0.2, 0.25) is 16.6 Å². The van der Waals surface area contributed by atoms with Gasteiger partial charge in [-0.05, 0) is 57.0 Å². The summed E-state index contributed by atoms with van der Waals surface area (Å²) in [7, 11) is -10.3. The fourth-order valence-electron chi connectivity index (χ4n) is 6.00. The number of hydrogen-bond donors (Lipinski definition) is 0. The molecule has 0 saturated carbocycles. The van der Waals surface area contributed by atoms with Crippen molar-refractivity contribution in [3.63, 3.8) is 0 Å². The topological polar surface area (TPSA) is 18.5 Å². The molecule has 4 aliphatic rings. The molecule has 4 aliphatic heterocycles. The zero-order valence-electron chi connectivity index (χ0n) is 21.4. The second kappa shape index (κ2) is 7.18. The highest BCUT2D eigenvalue weighted by atomic mass is 29.3. The van der Waals surface area contributed by atoms with E-state index in [1.807, 2.05) is 0 Å². The molecule has 2 atom stereocenters. The highest BCUT2D eigenvalue weighted by molar-refractivity contribution is 7.57. The average molecular weight is 509 g/mol. The van der Waals surface area contributed by atoms with Crippen LogP contribution in [0.3, 0.4) is 0 Å². The molecule has 0 radical (unpaired) electrons. The van der Waals surface area contributed by atoms with Crippen LogP contribution in [0.4, 0.5) is 0 Å². The maximum atomic E-state index is 7.04. The van der Waals surface area contributed by atoms with Crippen molar-refractivity contribution >= 4 is 47.0 Å². The summed E-state index contributed by atoms with van der Waals surface area (Å²) in [5.41, 5.74) is 6.06. The second-order valence-corrected chi connectivity index (χ2v) is 52.6. The molecule has 0 saturated heterocycles. The Morgan fingerprint density at radius 1 is 0.667 bits per heavy atom. The van der Waals surface area contributed by atoms with Crippen LogP contribution in [0.5, 0.6) is 0 Å². The third-order valence-corrected chi connectivity index (χ3v) is 44.7. The predicted octanol–water partition coefficient (Wildman–Crippen LogP) is 7.24. The summed E-state index contributed by atoms with van der Waals surface area (Å²) in [4.78, 5) is 0. The molecule has 4 rings (SSSR count). The maximum Gasteiger partial charge on any atom is 0.241 e. The van der Waals surface area contributed by atoms with Crippen molar-refractivity contribution in [3.8, 4) is 0 Å². The zero-order chi connectivity index (χ0) is 23.0. The van der Waals surface area contributed by atoms with E-state index in [2.05, 4.69) is 114 Å². The quantitative estimate of drug-likeness (QED) is 0.352. The third kappa shape index (κ3) is 3.79. The zero-order valence-corrected chi connectivity index (χ0v) is 27.4. The molecule has 2 bridgehead atoms. The van der Waals surface area contributed by atoms with Crippen LogP contribution in [0, 0.1) is 0 Å².